The van der Waals surface area contributed by atoms with E-state index in [2.05, 4.69) is 5.32 Å². The molecule has 0 bridgehead atoms. The number of aryl methyl sites for hydroxylation is 1. The molecule has 90 valence electrons. The Morgan fingerprint density at radius 2 is 1.94 bits per heavy atom. The van der Waals surface area contributed by atoms with Crippen molar-refractivity contribution in [2.45, 2.75) is 6.54 Å². The third-order valence-corrected chi connectivity index (χ3v) is 3.12. The maximum atomic E-state index is 9.43. The fourth-order valence-electron chi connectivity index (χ4n) is 1.54. The van der Waals surface area contributed by atoms with Crippen molar-refractivity contribution in [3.63, 3.8) is 0 Å². The topological polar surface area (TPSA) is 37.2 Å². The Kier molecular flexibility index (Phi) is 3.50. The zero-order valence-electron chi connectivity index (χ0n) is 9.24. The van der Waals surface area contributed by atoms with Crippen molar-refractivity contribution < 1.29 is 5.11 Å². The Bertz CT molecular complexity index is 514. The van der Waals surface area contributed by atoms with Crippen molar-refractivity contribution in [2.24, 2.45) is 7.05 Å². The lowest BCUT2D eigenvalue weighted by Crippen LogP contribution is -2.03. The first-order valence-electron chi connectivity index (χ1n) is 5.10. The van der Waals surface area contributed by atoms with Crippen molar-refractivity contribution in [3.05, 3.63) is 46.2 Å². The molecule has 0 fully saturated rings. The van der Waals surface area contributed by atoms with E-state index in [1.54, 1.807) is 12.1 Å². The van der Waals surface area contributed by atoms with Gasteiger partial charge in [-0.25, -0.2) is 0 Å². The molecule has 1 aromatic heterocycles. The first-order valence-corrected chi connectivity index (χ1v) is 5.85. The molecule has 17 heavy (non-hydrogen) atoms. The second kappa shape index (κ2) is 4.90. The van der Waals surface area contributed by atoms with Crippen LogP contribution in [0.2, 0.25) is 10.0 Å². The van der Waals surface area contributed by atoms with Crippen molar-refractivity contribution in [1.82, 2.24) is 4.57 Å². The second-order valence-corrected chi connectivity index (χ2v) is 4.57. The summed E-state index contributed by atoms with van der Waals surface area (Å²) in [7, 11) is 1.98. The second-order valence-electron chi connectivity index (χ2n) is 3.75. The van der Waals surface area contributed by atoms with E-state index in [0.29, 0.717) is 6.54 Å². The molecule has 5 heteroatoms. The molecule has 0 atom stereocenters. The zero-order valence-corrected chi connectivity index (χ0v) is 10.8. The number of nitrogens with one attached hydrogen (secondary N) is 1. The highest BCUT2D eigenvalue weighted by Crippen LogP contribution is 2.34. The molecular weight excluding hydrogens is 259 g/mol. The van der Waals surface area contributed by atoms with Crippen LogP contribution in [-0.4, -0.2) is 9.67 Å². The van der Waals surface area contributed by atoms with E-state index in [1.807, 2.05) is 29.9 Å². The maximum absolute atomic E-state index is 9.43. The summed E-state index contributed by atoms with van der Waals surface area (Å²) in [6.45, 7) is 0.668. The van der Waals surface area contributed by atoms with Gasteiger partial charge in [0.05, 0.1) is 16.6 Å². The van der Waals surface area contributed by atoms with Gasteiger partial charge in [0.1, 0.15) is 0 Å². The van der Waals surface area contributed by atoms with E-state index < -0.39 is 0 Å². The number of rotatable bonds is 3. The average Bonchev–Trinajstić information content (AvgIpc) is 2.69. The minimum atomic E-state index is -0.0854. The molecule has 0 aliphatic heterocycles. The smallest absolute Gasteiger partial charge is 0.152 e. The minimum absolute atomic E-state index is 0.0854. The van der Waals surface area contributed by atoms with Gasteiger partial charge in [0, 0.05) is 24.6 Å². The molecule has 2 rings (SSSR count). The molecular formula is C12H12Cl2N2O. The number of hydrogen-bond acceptors (Lipinski definition) is 2. The van der Waals surface area contributed by atoms with Crippen molar-refractivity contribution >= 4 is 28.9 Å². The van der Waals surface area contributed by atoms with Crippen LogP contribution < -0.4 is 5.32 Å². The third kappa shape index (κ3) is 2.68. The van der Waals surface area contributed by atoms with Gasteiger partial charge in [-0.05, 0) is 24.3 Å². The first kappa shape index (κ1) is 12.1. The van der Waals surface area contributed by atoms with E-state index in [9.17, 15) is 5.11 Å². The highest BCUT2D eigenvalue weighted by molar-refractivity contribution is 6.37. The number of hydrogen-bond donors (Lipinski definition) is 2. The summed E-state index contributed by atoms with van der Waals surface area (Å²) in [6.07, 6.45) is 1.98. The lowest BCUT2D eigenvalue weighted by molar-refractivity contribution is 0.476. The van der Waals surface area contributed by atoms with Crippen LogP contribution in [0.25, 0.3) is 0 Å². The molecule has 0 aliphatic carbocycles. The lowest BCUT2D eigenvalue weighted by atomic mass is 10.3. The number of nitrogens with zero attached hydrogens (tertiary/aromatic N) is 1. The van der Waals surface area contributed by atoms with Gasteiger partial charge in [-0.3, -0.25) is 0 Å². The van der Waals surface area contributed by atoms with E-state index in [1.165, 1.54) is 0 Å². The Morgan fingerprint density at radius 1 is 1.29 bits per heavy atom. The quantitative estimate of drug-likeness (QED) is 0.836. The SMILES string of the molecule is Cn1cccc1CNc1cc(Cl)c(O)c(Cl)c1. The number of aromatic nitrogens is 1. The molecule has 0 saturated carbocycles. The normalized spacial score (nSPS) is 10.5. The van der Waals surface area contributed by atoms with Crippen LogP contribution in [0.3, 0.4) is 0 Å². The third-order valence-electron chi connectivity index (χ3n) is 2.54. The number of phenolic OH excluding ortho intramolecular Hbond substituents is 1. The highest BCUT2D eigenvalue weighted by Gasteiger charge is 2.06. The van der Waals surface area contributed by atoms with Crippen molar-refractivity contribution in [3.8, 4) is 5.75 Å². The molecule has 0 saturated heterocycles. The number of phenols is 1. The number of anilines is 1. The summed E-state index contributed by atoms with van der Waals surface area (Å²) in [5.74, 6) is -0.0854. The first-order chi connectivity index (χ1) is 8.08. The molecule has 2 N–H and O–H groups in total. The lowest BCUT2D eigenvalue weighted by Gasteiger charge is -2.09. The van der Waals surface area contributed by atoms with Gasteiger partial charge in [-0.2, -0.15) is 0 Å². The van der Waals surface area contributed by atoms with E-state index in [0.717, 1.165) is 11.4 Å². The number of benzene rings is 1. The van der Waals surface area contributed by atoms with Gasteiger partial charge in [0.2, 0.25) is 0 Å². The van der Waals surface area contributed by atoms with Crippen LogP contribution >= 0.6 is 23.2 Å². The Hall–Kier alpha value is -1.32. The molecule has 1 heterocycles. The molecule has 2 aromatic rings. The largest absolute Gasteiger partial charge is 0.505 e. The zero-order chi connectivity index (χ0) is 12.4. The predicted molar refractivity (Wildman–Crippen MR) is 70.9 cm³/mol. The van der Waals surface area contributed by atoms with Crippen molar-refractivity contribution in [2.75, 3.05) is 5.32 Å². The summed E-state index contributed by atoms with van der Waals surface area (Å²) < 4.78 is 2.02. The fourth-order valence-corrected chi connectivity index (χ4v) is 2.03. The molecule has 0 unspecified atom stereocenters. The predicted octanol–water partition coefficient (Wildman–Crippen LogP) is 3.65. The highest BCUT2D eigenvalue weighted by atomic mass is 35.5. The monoisotopic (exact) mass is 270 g/mol. The van der Waals surface area contributed by atoms with Crippen LogP contribution in [0, 0.1) is 0 Å². The molecule has 0 radical (unpaired) electrons. The Morgan fingerprint density at radius 3 is 2.47 bits per heavy atom. The van der Waals surface area contributed by atoms with Gasteiger partial charge < -0.3 is 15.0 Å². The number of halogens is 2. The molecule has 3 nitrogen and oxygen atoms in total. The van der Waals surface area contributed by atoms with Crippen LogP contribution in [0.15, 0.2) is 30.5 Å². The van der Waals surface area contributed by atoms with Crippen molar-refractivity contribution in [1.29, 1.82) is 0 Å². The maximum Gasteiger partial charge on any atom is 0.152 e. The van der Waals surface area contributed by atoms with E-state index >= 15 is 0 Å². The van der Waals surface area contributed by atoms with E-state index in [4.69, 9.17) is 23.2 Å². The van der Waals surface area contributed by atoms with Gasteiger partial charge in [0.15, 0.2) is 5.75 Å². The van der Waals surface area contributed by atoms with Gasteiger partial charge in [-0.1, -0.05) is 23.2 Å². The molecule has 1 aromatic carbocycles. The standard InChI is InChI=1S/C12H12Cl2N2O/c1-16-4-2-3-9(16)7-15-8-5-10(13)12(17)11(14)6-8/h2-6,15,17H,7H2,1H3. The van der Waals surface area contributed by atoms with E-state index in [-0.39, 0.29) is 15.8 Å². The molecule has 0 spiro atoms. The Balaban J connectivity index is 2.12. The van der Waals surface area contributed by atoms with Gasteiger partial charge in [0.25, 0.3) is 0 Å². The summed E-state index contributed by atoms with van der Waals surface area (Å²) >= 11 is 11.7. The van der Waals surface area contributed by atoms with Gasteiger partial charge >= 0.3 is 0 Å². The van der Waals surface area contributed by atoms with Gasteiger partial charge in [-0.15, -0.1) is 0 Å². The average molecular weight is 271 g/mol. The summed E-state index contributed by atoms with van der Waals surface area (Å²) in [5, 5.41) is 13.1. The Labute approximate surface area is 110 Å². The van der Waals surface area contributed by atoms with Crippen LogP contribution in [0.5, 0.6) is 5.75 Å². The summed E-state index contributed by atoms with van der Waals surface area (Å²) in [5.41, 5.74) is 1.92. The number of aromatic hydroxyl groups is 1. The van der Waals surface area contributed by atoms with Crippen LogP contribution in [-0.2, 0) is 13.6 Å². The summed E-state index contributed by atoms with van der Waals surface area (Å²) in [6, 6.07) is 7.29. The fraction of sp³-hybridized carbons (Fsp3) is 0.167. The minimum Gasteiger partial charge on any atom is -0.505 e. The van der Waals surface area contributed by atoms with Crippen LogP contribution in [0.4, 0.5) is 5.69 Å². The summed E-state index contributed by atoms with van der Waals surface area (Å²) in [4.78, 5) is 0. The molecule has 0 amide bonds. The molecule has 0 aliphatic rings. The van der Waals surface area contributed by atoms with Crippen LogP contribution in [0.1, 0.15) is 5.69 Å².